The number of aromatic amines is 2. The van der Waals surface area contributed by atoms with Crippen molar-refractivity contribution in [2.45, 2.75) is 0 Å². The summed E-state index contributed by atoms with van der Waals surface area (Å²) in [6, 6.07) is 11.7. The van der Waals surface area contributed by atoms with Crippen LogP contribution in [0, 0.1) is 0 Å². The number of fused-ring (bicyclic) bond motifs is 2. The van der Waals surface area contributed by atoms with Crippen molar-refractivity contribution in [3.05, 3.63) is 58.4 Å². The third-order valence-corrected chi connectivity index (χ3v) is 3.79. The fourth-order valence-corrected chi connectivity index (χ4v) is 2.72. The first-order chi connectivity index (χ1) is 11.2. The summed E-state index contributed by atoms with van der Waals surface area (Å²) in [5.74, 6) is 0.278. The van der Waals surface area contributed by atoms with Crippen LogP contribution in [0.3, 0.4) is 0 Å². The highest BCUT2D eigenvalue weighted by atomic mass is 16.3. The van der Waals surface area contributed by atoms with E-state index >= 15 is 0 Å². The Morgan fingerprint density at radius 3 is 2.70 bits per heavy atom. The Kier molecular flexibility index (Phi) is 2.77. The second kappa shape index (κ2) is 4.81. The van der Waals surface area contributed by atoms with Crippen LogP contribution in [0.25, 0.3) is 33.3 Å². The molecule has 2 aromatic heterocycles. The minimum atomic E-state index is -0.333. The Bertz CT molecular complexity index is 1130. The molecule has 2 heterocycles. The van der Waals surface area contributed by atoms with Crippen molar-refractivity contribution in [2.24, 2.45) is 0 Å². The molecule has 0 saturated carbocycles. The average Bonchev–Trinajstić information content (AvgIpc) is 2.92. The highest BCUT2D eigenvalue weighted by Gasteiger charge is 2.15. The number of hydrogen-bond donors (Lipinski definition) is 3. The summed E-state index contributed by atoms with van der Waals surface area (Å²) < 4.78 is 0. The zero-order valence-corrected chi connectivity index (χ0v) is 11.8. The lowest BCUT2D eigenvalue weighted by molar-refractivity contribution is 0.112. The molecular weight excluding hydrogens is 294 g/mol. The highest BCUT2D eigenvalue weighted by molar-refractivity contribution is 6.03. The first kappa shape index (κ1) is 13.3. The van der Waals surface area contributed by atoms with Gasteiger partial charge in [-0.05, 0) is 18.2 Å². The van der Waals surface area contributed by atoms with E-state index in [0.717, 1.165) is 17.2 Å². The molecule has 6 heteroatoms. The van der Waals surface area contributed by atoms with Gasteiger partial charge in [0.25, 0.3) is 5.56 Å². The molecule has 0 amide bonds. The van der Waals surface area contributed by atoms with Crippen LogP contribution in [-0.4, -0.2) is 26.3 Å². The monoisotopic (exact) mass is 305 g/mol. The average molecular weight is 305 g/mol. The molecule has 4 rings (SSSR count). The van der Waals surface area contributed by atoms with E-state index in [4.69, 9.17) is 0 Å². The molecule has 0 radical (unpaired) electrons. The fraction of sp³-hybridized carbons (Fsp3) is 0. The lowest BCUT2D eigenvalue weighted by Gasteiger charge is -2.03. The van der Waals surface area contributed by atoms with E-state index in [-0.39, 0.29) is 17.1 Å². The number of benzene rings is 2. The molecule has 0 aliphatic rings. The van der Waals surface area contributed by atoms with Gasteiger partial charge in [0, 0.05) is 17.0 Å². The number of carbonyl (C=O) groups excluding carboxylic acids is 1. The Morgan fingerprint density at radius 1 is 1.04 bits per heavy atom. The van der Waals surface area contributed by atoms with Gasteiger partial charge in [-0.1, -0.05) is 18.2 Å². The number of H-pyrrole nitrogens is 2. The first-order valence-corrected chi connectivity index (χ1v) is 6.96. The normalized spacial score (nSPS) is 11.1. The van der Waals surface area contributed by atoms with E-state index in [0.29, 0.717) is 22.2 Å². The molecule has 0 aliphatic heterocycles. The van der Waals surface area contributed by atoms with E-state index in [1.165, 1.54) is 18.2 Å². The molecule has 0 saturated heterocycles. The smallest absolute Gasteiger partial charge is 0.259 e. The summed E-state index contributed by atoms with van der Waals surface area (Å²) in [6.07, 6.45) is 0.737. The number of phenols is 1. The van der Waals surface area contributed by atoms with Crippen molar-refractivity contribution in [3.63, 3.8) is 0 Å². The van der Waals surface area contributed by atoms with E-state index in [1.54, 1.807) is 0 Å². The molecule has 0 atom stereocenters. The Morgan fingerprint density at radius 2 is 1.87 bits per heavy atom. The van der Waals surface area contributed by atoms with Gasteiger partial charge < -0.3 is 15.1 Å². The Balaban J connectivity index is 2.06. The number of hydrogen-bond acceptors (Lipinski definition) is 4. The maximum atomic E-state index is 12.2. The van der Waals surface area contributed by atoms with Crippen LogP contribution in [0.4, 0.5) is 0 Å². The minimum Gasteiger partial charge on any atom is -0.508 e. The van der Waals surface area contributed by atoms with Gasteiger partial charge in [-0.25, -0.2) is 4.98 Å². The van der Waals surface area contributed by atoms with Crippen molar-refractivity contribution in [1.82, 2.24) is 15.0 Å². The summed E-state index contributed by atoms with van der Waals surface area (Å²) in [5.41, 5.74) is 1.69. The predicted molar refractivity (Wildman–Crippen MR) is 86.7 cm³/mol. The van der Waals surface area contributed by atoms with Crippen LogP contribution >= 0.6 is 0 Å². The fourth-order valence-electron chi connectivity index (χ4n) is 2.72. The standard InChI is InChI=1S/C17H11N3O3/c21-8-12-10-3-1-2-4-13(10)18-15(12)16-19-14-7-9(22)5-6-11(14)17(23)20-16/h1-8,18,22H,(H,19,20,23). The van der Waals surface area contributed by atoms with Gasteiger partial charge in [0.05, 0.1) is 22.2 Å². The SMILES string of the molecule is O=Cc1c(-c2nc3cc(O)ccc3c(=O)[nH]2)[nH]c2ccccc12. The van der Waals surface area contributed by atoms with Crippen LogP contribution in [0.2, 0.25) is 0 Å². The molecule has 0 bridgehead atoms. The predicted octanol–water partition coefficient (Wildman–Crippen LogP) is 2.59. The molecule has 2 aromatic carbocycles. The molecule has 112 valence electrons. The summed E-state index contributed by atoms with van der Waals surface area (Å²) in [7, 11) is 0. The van der Waals surface area contributed by atoms with Crippen LogP contribution in [0.1, 0.15) is 10.4 Å². The summed E-state index contributed by atoms with van der Waals surface area (Å²) in [6.45, 7) is 0. The zero-order valence-electron chi connectivity index (χ0n) is 11.8. The maximum Gasteiger partial charge on any atom is 0.259 e. The van der Waals surface area contributed by atoms with Crippen LogP contribution < -0.4 is 5.56 Å². The number of para-hydroxylation sites is 1. The molecule has 0 fully saturated rings. The van der Waals surface area contributed by atoms with E-state index in [9.17, 15) is 14.7 Å². The number of aromatic nitrogens is 3. The molecule has 3 N–H and O–H groups in total. The van der Waals surface area contributed by atoms with Crippen molar-refractivity contribution < 1.29 is 9.90 Å². The van der Waals surface area contributed by atoms with Crippen LogP contribution in [0.15, 0.2) is 47.3 Å². The van der Waals surface area contributed by atoms with Crippen LogP contribution in [-0.2, 0) is 0 Å². The van der Waals surface area contributed by atoms with Gasteiger partial charge in [0.2, 0.25) is 0 Å². The number of aromatic hydroxyl groups is 1. The number of phenolic OH excluding ortho intramolecular Hbond substituents is 1. The van der Waals surface area contributed by atoms with Gasteiger partial charge in [-0.2, -0.15) is 0 Å². The van der Waals surface area contributed by atoms with Crippen molar-refractivity contribution >= 4 is 28.1 Å². The number of carbonyl (C=O) groups is 1. The van der Waals surface area contributed by atoms with E-state index < -0.39 is 0 Å². The van der Waals surface area contributed by atoms with Gasteiger partial charge in [-0.15, -0.1) is 0 Å². The summed E-state index contributed by atoms with van der Waals surface area (Å²) in [4.78, 5) is 33.9. The number of nitrogens with zero attached hydrogens (tertiary/aromatic N) is 1. The van der Waals surface area contributed by atoms with Gasteiger partial charge in [0.15, 0.2) is 12.1 Å². The second-order valence-electron chi connectivity index (χ2n) is 5.19. The zero-order chi connectivity index (χ0) is 16.0. The first-order valence-electron chi connectivity index (χ1n) is 6.96. The Labute approximate surface area is 129 Å². The van der Waals surface area contributed by atoms with Gasteiger partial charge in [0.1, 0.15) is 5.75 Å². The van der Waals surface area contributed by atoms with Crippen molar-refractivity contribution in [3.8, 4) is 17.3 Å². The lowest BCUT2D eigenvalue weighted by Crippen LogP contribution is -2.10. The minimum absolute atomic E-state index is 0.0220. The van der Waals surface area contributed by atoms with E-state index in [1.807, 2.05) is 24.3 Å². The molecular formula is C17H11N3O3. The second-order valence-corrected chi connectivity index (χ2v) is 5.19. The Hall–Kier alpha value is -3.41. The van der Waals surface area contributed by atoms with E-state index in [2.05, 4.69) is 15.0 Å². The van der Waals surface area contributed by atoms with Crippen molar-refractivity contribution in [2.75, 3.05) is 0 Å². The maximum absolute atomic E-state index is 12.2. The number of aldehydes is 1. The number of rotatable bonds is 2. The third-order valence-electron chi connectivity index (χ3n) is 3.79. The molecule has 6 nitrogen and oxygen atoms in total. The van der Waals surface area contributed by atoms with Gasteiger partial charge in [-0.3, -0.25) is 9.59 Å². The molecule has 0 spiro atoms. The molecule has 0 unspecified atom stereocenters. The van der Waals surface area contributed by atoms with Crippen molar-refractivity contribution in [1.29, 1.82) is 0 Å². The summed E-state index contributed by atoms with van der Waals surface area (Å²) >= 11 is 0. The molecule has 4 aromatic rings. The highest BCUT2D eigenvalue weighted by Crippen LogP contribution is 2.27. The molecule has 23 heavy (non-hydrogen) atoms. The third kappa shape index (κ3) is 2.00. The topological polar surface area (TPSA) is 98.8 Å². The quantitative estimate of drug-likeness (QED) is 0.496. The molecule has 0 aliphatic carbocycles. The van der Waals surface area contributed by atoms with Crippen LogP contribution in [0.5, 0.6) is 5.75 Å². The lowest BCUT2D eigenvalue weighted by atomic mass is 10.1. The summed E-state index contributed by atoms with van der Waals surface area (Å²) in [5, 5.41) is 10.7. The number of nitrogens with one attached hydrogen (secondary N) is 2. The van der Waals surface area contributed by atoms with Gasteiger partial charge >= 0.3 is 0 Å². The largest absolute Gasteiger partial charge is 0.508 e.